The zero-order valence-electron chi connectivity index (χ0n) is 11.3. The lowest BCUT2D eigenvalue weighted by Gasteiger charge is -2.08. The van der Waals surface area contributed by atoms with Crippen LogP contribution in [0.5, 0.6) is 0 Å². The molecule has 6 heteroatoms. The Kier molecular flexibility index (Phi) is 3.94. The number of nitrogens with one attached hydrogen (secondary N) is 1. The third-order valence-electron chi connectivity index (χ3n) is 2.93. The van der Waals surface area contributed by atoms with E-state index in [-0.39, 0.29) is 16.0 Å². The molecule has 104 valence electrons. The third-order valence-corrected chi connectivity index (χ3v) is 3.22. The van der Waals surface area contributed by atoms with Gasteiger partial charge in [-0.3, -0.25) is 0 Å². The average Bonchev–Trinajstić information content (AvgIpc) is 2.40. The summed E-state index contributed by atoms with van der Waals surface area (Å²) >= 11 is 5.12. The van der Waals surface area contributed by atoms with Crippen LogP contribution in [0.3, 0.4) is 0 Å². The van der Waals surface area contributed by atoms with Crippen LogP contribution in [0, 0.1) is 24.3 Å². The molecule has 0 aliphatic heterocycles. The van der Waals surface area contributed by atoms with Gasteiger partial charge >= 0.3 is 5.97 Å². The molecule has 4 nitrogen and oxygen atoms in total. The quantitative estimate of drug-likeness (QED) is 0.681. The second kappa shape index (κ2) is 5.50. The van der Waals surface area contributed by atoms with Crippen molar-refractivity contribution in [1.82, 2.24) is 9.97 Å². The summed E-state index contributed by atoms with van der Waals surface area (Å²) in [6.45, 7) is 3.38. The number of aromatic nitrogens is 2. The summed E-state index contributed by atoms with van der Waals surface area (Å²) in [4.78, 5) is 18.8. The van der Waals surface area contributed by atoms with Crippen LogP contribution in [-0.2, 0) is 4.74 Å². The molecular formula is C14H13FN2O2S. The van der Waals surface area contributed by atoms with E-state index in [0.29, 0.717) is 22.6 Å². The normalized spacial score (nSPS) is 10.4. The summed E-state index contributed by atoms with van der Waals surface area (Å²) in [6, 6.07) is 4.64. The van der Waals surface area contributed by atoms with Gasteiger partial charge in [-0.25, -0.2) is 14.2 Å². The van der Waals surface area contributed by atoms with Gasteiger partial charge in [0.05, 0.1) is 7.11 Å². The molecule has 0 saturated heterocycles. The monoisotopic (exact) mass is 292 g/mol. The second-order valence-corrected chi connectivity index (χ2v) is 4.73. The summed E-state index contributed by atoms with van der Waals surface area (Å²) in [7, 11) is 1.29. The van der Waals surface area contributed by atoms with E-state index in [0.717, 1.165) is 0 Å². The third kappa shape index (κ3) is 2.60. The van der Waals surface area contributed by atoms with Crippen molar-refractivity contribution in [2.75, 3.05) is 7.11 Å². The highest BCUT2D eigenvalue weighted by molar-refractivity contribution is 7.71. The first-order valence-electron chi connectivity index (χ1n) is 5.89. The molecule has 20 heavy (non-hydrogen) atoms. The number of hydrogen-bond acceptors (Lipinski definition) is 4. The van der Waals surface area contributed by atoms with Crippen molar-refractivity contribution in [2.24, 2.45) is 0 Å². The molecule has 0 aliphatic carbocycles. The van der Waals surface area contributed by atoms with E-state index >= 15 is 0 Å². The number of methoxy groups -OCH3 is 1. The maximum atomic E-state index is 13.3. The second-order valence-electron chi connectivity index (χ2n) is 4.35. The van der Waals surface area contributed by atoms with Crippen molar-refractivity contribution < 1.29 is 13.9 Å². The lowest BCUT2D eigenvalue weighted by atomic mass is 10.1. The minimum absolute atomic E-state index is 0.157. The number of halogens is 1. The van der Waals surface area contributed by atoms with Crippen molar-refractivity contribution in [1.29, 1.82) is 0 Å². The van der Waals surface area contributed by atoms with Crippen molar-refractivity contribution in [3.63, 3.8) is 0 Å². The number of benzene rings is 1. The lowest BCUT2D eigenvalue weighted by Crippen LogP contribution is -2.09. The number of ether oxygens (including phenoxy) is 1. The van der Waals surface area contributed by atoms with E-state index in [4.69, 9.17) is 12.2 Å². The van der Waals surface area contributed by atoms with Crippen molar-refractivity contribution in [3.05, 3.63) is 45.5 Å². The summed E-state index contributed by atoms with van der Waals surface area (Å²) in [6.07, 6.45) is 0. The molecular weight excluding hydrogens is 279 g/mol. The number of nitrogens with zero attached hydrogens (tertiary/aromatic N) is 1. The summed E-state index contributed by atoms with van der Waals surface area (Å²) in [5, 5.41) is 0. The van der Waals surface area contributed by atoms with Gasteiger partial charge in [0.1, 0.15) is 21.8 Å². The highest BCUT2D eigenvalue weighted by atomic mass is 32.1. The molecule has 0 aliphatic rings. The fourth-order valence-electron chi connectivity index (χ4n) is 1.86. The van der Waals surface area contributed by atoms with E-state index in [9.17, 15) is 9.18 Å². The number of aromatic amines is 1. The Labute approximate surface area is 120 Å². The Morgan fingerprint density at radius 2 is 2.10 bits per heavy atom. The van der Waals surface area contributed by atoms with Gasteiger partial charge in [-0.2, -0.15) is 0 Å². The number of carbonyl (C=O) groups is 1. The fourth-order valence-corrected chi connectivity index (χ4v) is 2.18. The highest BCUT2D eigenvalue weighted by Gasteiger charge is 2.15. The first kappa shape index (κ1) is 14.3. The standard InChI is InChI=1S/C14H13FN2O2S/c1-7-6-9(4-5-10(7)15)12-16-8(2)11(13(20)17-12)14(18)19-3/h4-6H,1-3H3,(H,16,17,20). The zero-order valence-corrected chi connectivity index (χ0v) is 12.1. The maximum absolute atomic E-state index is 13.3. The zero-order chi connectivity index (χ0) is 14.9. The molecule has 0 unspecified atom stereocenters. The van der Waals surface area contributed by atoms with Gasteiger partial charge in [-0.15, -0.1) is 0 Å². The fraction of sp³-hybridized carbons (Fsp3) is 0.214. The lowest BCUT2D eigenvalue weighted by molar-refractivity contribution is 0.0598. The van der Waals surface area contributed by atoms with Gasteiger partial charge in [0.2, 0.25) is 0 Å². The van der Waals surface area contributed by atoms with Gasteiger partial charge in [0, 0.05) is 11.3 Å². The first-order chi connectivity index (χ1) is 9.43. The van der Waals surface area contributed by atoms with Gasteiger partial charge in [-0.05, 0) is 37.6 Å². The van der Waals surface area contributed by atoms with Gasteiger partial charge in [0.15, 0.2) is 0 Å². The Morgan fingerprint density at radius 3 is 2.65 bits per heavy atom. The largest absolute Gasteiger partial charge is 0.465 e. The van der Waals surface area contributed by atoms with Crippen LogP contribution in [0.1, 0.15) is 21.6 Å². The Bertz CT molecular complexity index is 740. The molecule has 2 aromatic rings. The van der Waals surface area contributed by atoms with Crippen LogP contribution in [0.25, 0.3) is 11.4 Å². The van der Waals surface area contributed by atoms with Crippen molar-refractivity contribution in [2.45, 2.75) is 13.8 Å². The number of H-pyrrole nitrogens is 1. The molecule has 1 heterocycles. The number of rotatable bonds is 2. The molecule has 0 spiro atoms. The molecule has 0 fully saturated rings. The molecule has 1 aromatic carbocycles. The van der Waals surface area contributed by atoms with E-state index in [1.54, 1.807) is 26.0 Å². The number of carbonyl (C=O) groups excluding carboxylic acids is 1. The SMILES string of the molecule is COC(=O)c1c(C)[nH]c(-c2ccc(F)c(C)c2)nc1=S. The van der Waals surface area contributed by atoms with E-state index in [1.165, 1.54) is 13.2 Å². The van der Waals surface area contributed by atoms with E-state index in [1.807, 2.05) is 0 Å². The molecule has 0 saturated carbocycles. The van der Waals surface area contributed by atoms with E-state index in [2.05, 4.69) is 14.7 Å². The van der Waals surface area contributed by atoms with Gasteiger partial charge < -0.3 is 9.72 Å². The van der Waals surface area contributed by atoms with Crippen LogP contribution in [0.4, 0.5) is 4.39 Å². The van der Waals surface area contributed by atoms with Crippen LogP contribution in [0.2, 0.25) is 0 Å². The molecule has 1 aromatic heterocycles. The van der Waals surface area contributed by atoms with Crippen LogP contribution in [0.15, 0.2) is 18.2 Å². The molecule has 0 amide bonds. The Balaban J connectivity index is 2.57. The first-order valence-corrected chi connectivity index (χ1v) is 6.30. The number of aryl methyl sites for hydroxylation is 2. The van der Waals surface area contributed by atoms with Crippen LogP contribution < -0.4 is 0 Å². The predicted molar refractivity (Wildman–Crippen MR) is 75.6 cm³/mol. The Hall–Kier alpha value is -2.08. The molecule has 1 N–H and O–H groups in total. The molecule has 0 bridgehead atoms. The van der Waals surface area contributed by atoms with Gasteiger partial charge in [0.25, 0.3) is 0 Å². The summed E-state index contributed by atoms with van der Waals surface area (Å²) in [5.74, 6) is -0.323. The van der Waals surface area contributed by atoms with Crippen molar-refractivity contribution >= 4 is 18.2 Å². The maximum Gasteiger partial charge on any atom is 0.342 e. The van der Waals surface area contributed by atoms with Crippen LogP contribution in [-0.4, -0.2) is 23.0 Å². The molecule has 2 rings (SSSR count). The predicted octanol–water partition coefficient (Wildman–Crippen LogP) is 3.35. The highest BCUT2D eigenvalue weighted by Crippen LogP contribution is 2.20. The number of hydrogen-bond donors (Lipinski definition) is 1. The molecule has 0 atom stereocenters. The summed E-state index contributed by atoms with van der Waals surface area (Å²) in [5.41, 5.74) is 2.02. The average molecular weight is 292 g/mol. The molecule has 0 radical (unpaired) electrons. The van der Waals surface area contributed by atoms with Gasteiger partial charge in [-0.1, -0.05) is 12.2 Å². The van der Waals surface area contributed by atoms with Crippen molar-refractivity contribution in [3.8, 4) is 11.4 Å². The Morgan fingerprint density at radius 1 is 1.40 bits per heavy atom. The number of esters is 1. The minimum atomic E-state index is -0.530. The van der Waals surface area contributed by atoms with E-state index < -0.39 is 5.97 Å². The topological polar surface area (TPSA) is 55.0 Å². The summed E-state index contributed by atoms with van der Waals surface area (Å²) < 4.78 is 18.1. The minimum Gasteiger partial charge on any atom is -0.465 e. The van der Waals surface area contributed by atoms with Crippen LogP contribution >= 0.6 is 12.2 Å². The smallest absolute Gasteiger partial charge is 0.342 e.